The number of benzene rings is 2. The maximum atomic E-state index is 12.5. The number of carbonyl (C=O) groups excluding carboxylic acids is 1. The van der Waals surface area contributed by atoms with Crippen molar-refractivity contribution in [3.63, 3.8) is 0 Å². The maximum absolute atomic E-state index is 12.5. The Kier molecular flexibility index (Phi) is 5.04. The van der Waals surface area contributed by atoms with Crippen molar-refractivity contribution < 1.29 is 9.53 Å². The van der Waals surface area contributed by atoms with Gasteiger partial charge in [-0.3, -0.25) is 4.79 Å². The first-order valence-electron chi connectivity index (χ1n) is 8.60. The number of nitriles is 1. The van der Waals surface area contributed by atoms with Crippen LogP contribution in [0.1, 0.15) is 47.2 Å². The Balaban J connectivity index is 1.73. The van der Waals surface area contributed by atoms with Gasteiger partial charge in [0.05, 0.1) is 18.7 Å². The van der Waals surface area contributed by atoms with E-state index >= 15 is 0 Å². The summed E-state index contributed by atoms with van der Waals surface area (Å²) in [6.07, 6.45) is 4.51. The molecule has 1 N–H and O–H groups in total. The van der Waals surface area contributed by atoms with Gasteiger partial charge in [0, 0.05) is 17.5 Å². The summed E-state index contributed by atoms with van der Waals surface area (Å²) >= 11 is 0. The lowest BCUT2D eigenvalue weighted by atomic mass is 9.78. The molecular formula is C21H22N2O2. The minimum atomic E-state index is -0.0933. The summed E-state index contributed by atoms with van der Waals surface area (Å²) in [5.74, 6) is 0.753. The lowest BCUT2D eigenvalue weighted by Crippen LogP contribution is -2.39. The van der Waals surface area contributed by atoms with Crippen LogP contribution in [0.5, 0.6) is 5.75 Å². The molecule has 1 fully saturated rings. The number of hydrogen-bond donors (Lipinski definition) is 1. The molecule has 0 atom stereocenters. The van der Waals surface area contributed by atoms with E-state index in [9.17, 15) is 4.79 Å². The molecule has 1 aliphatic rings. The highest BCUT2D eigenvalue weighted by atomic mass is 16.5. The van der Waals surface area contributed by atoms with E-state index in [0.29, 0.717) is 17.7 Å². The number of ether oxygens (including phenoxy) is 1. The van der Waals surface area contributed by atoms with Crippen LogP contribution in [-0.2, 0) is 5.41 Å². The van der Waals surface area contributed by atoms with Gasteiger partial charge in [0.2, 0.25) is 0 Å². The molecule has 0 unspecified atom stereocenters. The standard InChI is InChI=1S/C21H22N2O2/c1-25-19-10-8-18(9-11-19)21(12-2-3-13-21)15-23-20(24)17-6-4-16(14-22)5-7-17/h4-11H,2-3,12-13,15H2,1H3,(H,23,24). The summed E-state index contributed by atoms with van der Waals surface area (Å²) in [4.78, 5) is 12.5. The Morgan fingerprint density at radius 1 is 1.12 bits per heavy atom. The van der Waals surface area contributed by atoms with Gasteiger partial charge in [-0.25, -0.2) is 0 Å². The first-order chi connectivity index (χ1) is 12.2. The quantitative estimate of drug-likeness (QED) is 0.904. The molecule has 0 aromatic heterocycles. The summed E-state index contributed by atoms with van der Waals surface area (Å²) in [5, 5.41) is 11.9. The van der Waals surface area contributed by atoms with Gasteiger partial charge in [-0.05, 0) is 54.8 Å². The minimum absolute atomic E-state index is 0.00543. The summed E-state index contributed by atoms with van der Waals surface area (Å²) in [6.45, 7) is 0.623. The molecule has 0 radical (unpaired) electrons. The fourth-order valence-electron chi connectivity index (χ4n) is 3.61. The second kappa shape index (κ2) is 7.40. The zero-order chi connectivity index (χ0) is 17.7. The van der Waals surface area contributed by atoms with Gasteiger partial charge in [-0.2, -0.15) is 5.26 Å². The first kappa shape index (κ1) is 17.0. The largest absolute Gasteiger partial charge is 0.497 e. The van der Waals surface area contributed by atoms with Crippen molar-refractivity contribution in [3.8, 4) is 11.8 Å². The highest BCUT2D eigenvalue weighted by Crippen LogP contribution is 2.41. The first-order valence-corrected chi connectivity index (χ1v) is 8.60. The van der Waals surface area contributed by atoms with Gasteiger partial charge in [0.25, 0.3) is 5.91 Å². The van der Waals surface area contributed by atoms with E-state index in [0.717, 1.165) is 18.6 Å². The third-order valence-electron chi connectivity index (χ3n) is 5.13. The normalized spacial score (nSPS) is 15.4. The number of nitrogens with zero attached hydrogens (tertiary/aromatic N) is 1. The second-order valence-corrected chi connectivity index (χ2v) is 6.59. The van der Waals surface area contributed by atoms with Crippen LogP contribution in [0.2, 0.25) is 0 Å². The Morgan fingerprint density at radius 2 is 1.76 bits per heavy atom. The molecule has 0 heterocycles. The van der Waals surface area contributed by atoms with Crippen molar-refractivity contribution in [3.05, 3.63) is 65.2 Å². The molecule has 1 saturated carbocycles. The molecule has 25 heavy (non-hydrogen) atoms. The highest BCUT2D eigenvalue weighted by Gasteiger charge is 2.35. The van der Waals surface area contributed by atoms with Gasteiger partial charge in [-0.1, -0.05) is 25.0 Å². The van der Waals surface area contributed by atoms with Crippen LogP contribution in [0.25, 0.3) is 0 Å². The van der Waals surface area contributed by atoms with Gasteiger partial charge < -0.3 is 10.1 Å². The van der Waals surface area contributed by atoms with Gasteiger partial charge in [0.15, 0.2) is 0 Å². The van der Waals surface area contributed by atoms with E-state index < -0.39 is 0 Å². The molecule has 1 amide bonds. The van der Waals surface area contributed by atoms with Crippen LogP contribution in [0.4, 0.5) is 0 Å². The van der Waals surface area contributed by atoms with E-state index in [2.05, 4.69) is 23.5 Å². The van der Waals surface area contributed by atoms with Crippen LogP contribution in [0.3, 0.4) is 0 Å². The van der Waals surface area contributed by atoms with Crippen LogP contribution in [-0.4, -0.2) is 19.6 Å². The van der Waals surface area contributed by atoms with Gasteiger partial charge in [-0.15, -0.1) is 0 Å². The Hall–Kier alpha value is -2.80. The SMILES string of the molecule is COc1ccc(C2(CNC(=O)c3ccc(C#N)cc3)CCCC2)cc1. The van der Waals surface area contributed by atoms with E-state index in [1.165, 1.54) is 18.4 Å². The molecule has 0 saturated heterocycles. The van der Waals surface area contributed by atoms with Crippen molar-refractivity contribution in [1.29, 1.82) is 5.26 Å². The number of hydrogen-bond acceptors (Lipinski definition) is 3. The predicted molar refractivity (Wildman–Crippen MR) is 96.6 cm³/mol. The Bertz CT molecular complexity index is 767. The molecule has 4 nitrogen and oxygen atoms in total. The van der Waals surface area contributed by atoms with Crippen LogP contribution < -0.4 is 10.1 Å². The van der Waals surface area contributed by atoms with E-state index in [-0.39, 0.29) is 11.3 Å². The zero-order valence-electron chi connectivity index (χ0n) is 14.4. The third-order valence-corrected chi connectivity index (χ3v) is 5.13. The summed E-state index contributed by atoms with van der Waals surface area (Å²) in [6, 6.07) is 17.0. The van der Waals surface area contributed by atoms with Crippen LogP contribution in [0, 0.1) is 11.3 Å². The molecule has 1 aliphatic carbocycles. The Labute approximate surface area is 148 Å². The molecule has 2 aromatic carbocycles. The smallest absolute Gasteiger partial charge is 0.251 e. The van der Waals surface area contributed by atoms with E-state index in [4.69, 9.17) is 10.00 Å². The molecule has 0 spiro atoms. The molecule has 3 rings (SSSR count). The van der Waals surface area contributed by atoms with Crippen molar-refractivity contribution in [2.24, 2.45) is 0 Å². The predicted octanol–water partition coefficient (Wildman–Crippen LogP) is 3.81. The van der Waals surface area contributed by atoms with Crippen molar-refractivity contribution in [2.45, 2.75) is 31.1 Å². The molecule has 4 heteroatoms. The number of amides is 1. The number of methoxy groups -OCH3 is 1. The number of carbonyl (C=O) groups is 1. The Morgan fingerprint density at radius 3 is 2.32 bits per heavy atom. The molecular weight excluding hydrogens is 312 g/mol. The average molecular weight is 334 g/mol. The second-order valence-electron chi connectivity index (χ2n) is 6.59. The highest BCUT2D eigenvalue weighted by molar-refractivity contribution is 5.94. The lowest BCUT2D eigenvalue weighted by molar-refractivity contribution is 0.0943. The molecule has 0 bridgehead atoms. The van der Waals surface area contributed by atoms with Crippen molar-refractivity contribution in [1.82, 2.24) is 5.32 Å². The lowest BCUT2D eigenvalue weighted by Gasteiger charge is -2.30. The van der Waals surface area contributed by atoms with Crippen molar-refractivity contribution >= 4 is 5.91 Å². The summed E-state index contributed by atoms with van der Waals surface area (Å²) < 4.78 is 5.25. The zero-order valence-corrected chi connectivity index (χ0v) is 14.4. The monoisotopic (exact) mass is 334 g/mol. The fourth-order valence-corrected chi connectivity index (χ4v) is 3.61. The van der Waals surface area contributed by atoms with Crippen molar-refractivity contribution in [2.75, 3.05) is 13.7 Å². The van der Waals surface area contributed by atoms with E-state index in [1.54, 1.807) is 31.4 Å². The average Bonchev–Trinajstić information content (AvgIpc) is 3.16. The summed E-state index contributed by atoms with van der Waals surface area (Å²) in [5.41, 5.74) is 2.39. The molecule has 2 aromatic rings. The summed E-state index contributed by atoms with van der Waals surface area (Å²) in [7, 11) is 1.66. The van der Waals surface area contributed by atoms with E-state index in [1.807, 2.05) is 12.1 Å². The van der Waals surface area contributed by atoms with Gasteiger partial charge >= 0.3 is 0 Å². The van der Waals surface area contributed by atoms with Crippen LogP contribution in [0.15, 0.2) is 48.5 Å². The topological polar surface area (TPSA) is 62.1 Å². The van der Waals surface area contributed by atoms with Gasteiger partial charge in [0.1, 0.15) is 5.75 Å². The third kappa shape index (κ3) is 3.66. The number of nitrogens with one attached hydrogen (secondary N) is 1. The number of rotatable bonds is 5. The van der Waals surface area contributed by atoms with Crippen LogP contribution >= 0.6 is 0 Å². The maximum Gasteiger partial charge on any atom is 0.251 e. The molecule has 0 aliphatic heterocycles. The minimum Gasteiger partial charge on any atom is -0.497 e. The molecule has 128 valence electrons. The fraction of sp³-hybridized carbons (Fsp3) is 0.333.